The van der Waals surface area contributed by atoms with Crippen LogP contribution < -0.4 is 0 Å². The topological polar surface area (TPSA) is 19.4 Å². The van der Waals surface area contributed by atoms with Crippen LogP contribution in [0.15, 0.2) is 24.4 Å². The van der Waals surface area contributed by atoms with E-state index in [1.54, 1.807) is 0 Å². The molecule has 0 aromatic carbocycles. The van der Waals surface area contributed by atoms with Gasteiger partial charge in [-0.05, 0) is 108 Å². The third-order valence-electron chi connectivity index (χ3n) is 4.91. The van der Waals surface area contributed by atoms with Gasteiger partial charge in [-0.2, -0.15) is 0 Å². The van der Waals surface area contributed by atoms with Crippen LogP contribution in [0.5, 0.6) is 0 Å². The Morgan fingerprint density at radius 1 is 0.703 bits per heavy atom. The minimum Gasteiger partial charge on any atom is -0.306 e. The predicted molar refractivity (Wildman–Crippen MR) is 176 cm³/mol. The average molecular weight is 526 g/mol. The van der Waals surface area contributed by atoms with Crippen molar-refractivity contribution in [1.82, 2.24) is 14.8 Å². The molecule has 2 aliphatic heterocycles. The average Bonchev–Trinajstić information content (AvgIpc) is 2.76. The number of pyridine rings is 1. The van der Waals surface area contributed by atoms with Gasteiger partial charge in [0, 0.05) is 11.9 Å². The molecule has 3 nitrogen and oxygen atoms in total. The Kier molecular flexibility index (Phi) is 41.1. The molecule has 0 spiro atoms. The Bertz CT molecular complexity index is 473. The Labute approximate surface area is 238 Å². The van der Waals surface area contributed by atoms with Gasteiger partial charge in [-0.1, -0.05) is 104 Å². The van der Waals surface area contributed by atoms with Crippen LogP contribution in [0, 0.1) is 17.8 Å². The first-order valence-electron chi connectivity index (χ1n) is 14.4. The lowest BCUT2D eigenvalue weighted by atomic mass is 10.1. The third-order valence-corrected chi connectivity index (χ3v) is 4.91. The van der Waals surface area contributed by atoms with Gasteiger partial charge in [0.25, 0.3) is 0 Å². The van der Waals surface area contributed by atoms with E-state index in [9.17, 15) is 0 Å². The van der Waals surface area contributed by atoms with Gasteiger partial charge in [-0.3, -0.25) is 4.98 Å². The molecule has 0 amide bonds. The van der Waals surface area contributed by atoms with Crippen LogP contribution in [0.3, 0.4) is 0 Å². The Hall–Kier alpha value is -0.930. The zero-order valence-electron chi connectivity index (χ0n) is 25.1. The summed E-state index contributed by atoms with van der Waals surface area (Å²) in [5.41, 5.74) is 1.19. The number of rotatable bonds is 4. The fourth-order valence-corrected chi connectivity index (χ4v) is 3.49. The van der Waals surface area contributed by atoms with Crippen molar-refractivity contribution in [2.24, 2.45) is 17.8 Å². The van der Waals surface area contributed by atoms with Crippen molar-refractivity contribution in [3.05, 3.63) is 30.1 Å². The van der Waals surface area contributed by atoms with Gasteiger partial charge in [-0.25, -0.2) is 0 Å². The molecule has 0 N–H and O–H groups in total. The number of likely N-dealkylation sites (tertiary alicyclic amines) is 2. The van der Waals surface area contributed by atoms with E-state index in [0.717, 1.165) is 18.3 Å². The maximum absolute atomic E-state index is 4.22. The quantitative estimate of drug-likeness (QED) is 0.389. The minimum absolute atomic E-state index is 0. The molecule has 0 radical (unpaired) electrons. The van der Waals surface area contributed by atoms with Gasteiger partial charge in [0.2, 0.25) is 0 Å². The van der Waals surface area contributed by atoms with E-state index in [1.807, 2.05) is 18.3 Å². The summed E-state index contributed by atoms with van der Waals surface area (Å²) >= 11 is 0. The first-order chi connectivity index (χ1) is 16.1. The van der Waals surface area contributed by atoms with Crippen molar-refractivity contribution in [1.29, 1.82) is 0 Å². The third kappa shape index (κ3) is 42.4. The van der Waals surface area contributed by atoms with Crippen molar-refractivity contribution in [3.63, 3.8) is 0 Å². The van der Waals surface area contributed by atoms with E-state index in [0.29, 0.717) is 5.92 Å². The number of aromatic nitrogens is 1. The van der Waals surface area contributed by atoms with Gasteiger partial charge in [0.1, 0.15) is 0 Å². The maximum atomic E-state index is 4.22. The van der Waals surface area contributed by atoms with Crippen molar-refractivity contribution in [2.75, 3.05) is 39.8 Å². The molecule has 0 saturated carbocycles. The Balaban J connectivity index is -0.000000118. The fourth-order valence-electron chi connectivity index (χ4n) is 3.49. The molecule has 1 aromatic heterocycles. The second kappa shape index (κ2) is 33.1. The minimum atomic E-state index is 0. The summed E-state index contributed by atoms with van der Waals surface area (Å²) < 4.78 is 0. The largest absolute Gasteiger partial charge is 0.306 e. The van der Waals surface area contributed by atoms with Gasteiger partial charge in [-0.15, -0.1) is 0 Å². The first kappa shape index (κ1) is 46.0. The molecule has 0 bridgehead atoms. The van der Waals surface area contributed by atoms with Crippen LogP contribution in [0.2, 0.25) is 0 Å². The molecule has 226 valence electrons. The predicted octanol–water partition coefficient (Wildman–Crippen LogP) is 10.5. The summed E-state index contributed by atoms with van der Waals surface area (Å²) in [5, 5.41) is 0. The normalized spacial score (nSPS) is 14.9. The molecule has 37 heavy (non-hydrogen) atoms. The first-order valence-corrected chi connectivity index (χ1v) is 14.4. The highest BCUT2D eigenvalue weighted by atomic mass is 15.1. The lowest BCUT2D eigenvalue weighted by Gasteiger charge is -2.25. The van der Waals surface area contributed by atoms with Gasteiger partial charge in [0.15, 0.2) is 0 Å². The highest BCUT2D eigenvalue weighted by molar-refractivity contribution is 5.03. The standard InChI is InChI=1S/C9H13N.C8H17N.C6H13N.2C4H10.3CH4/c1-8(2)7-9-5-3-4-6-10-9;1-2-6-9-7-4-3-5-8-9;1-7-5-3-2-4-6-7;2*1-4(2)3;;;/h3-6,8H,7H2,1-2H3;2-8H2,1H3;2-6H2,1H3;2*4H,1-3H3;3*1H4. The molecule has 0 aliphatic carbocycles. The SMILES string of the molecule is C.C.C.CC(C)C.CC(C)C.CC(C)Cc1ccccn1.CCCN1CCCCC1.CN1CCCCC1. The number of hydrogen-bond donors (Lipinski definition) is 0. The van der Waals surface area contributed by atoms with Crippen LogP contribution >= 0.6 is 0 Å². The number of piperidine rings is 2. The molecule has 3 rings (SSSR count). The van der Waals surface area contributed by atoms with Crippen LogP contribution in [0.4, 0.5) is 0 Å². The molecule has 0 unspecified atom stereocenters. The van der Waals surface area contributed by atoms with Crippen LogP contribution in [0.1, 0.15) is 135 Å². The van der Waals surface area contributed by atoms with E-state index in [-0.39, 0.29) is 22.3 Å². The monoisotopic (exact) mass is 526 g/mol. The molecular weight excluding hydrogens is 450 g/mol. The summed E-state index contributed by atoms with van der Waals surface area (Å²) in [5.74, 6) is 2.37. The van der Waals surface area contributed by atoms with E-state index < -0.39 is 0 Å². The molecule has 3 heteroatoms. The second-order valence-electron chi connectivity index (χ2n) is 11.6. The molecule has 2 fully saturated rings. The summed E-state index contributed by atoms with van der Waals surface area (Å²) in [7, 11) is 2.19. The Morgan fingerprint density at radius 3 is 1.43 bits per heavy atom. The van der Waals surface area contributed by atoms with Crippen molar-refractivity contribution in [3.8, 4) is 0 Å². The van der Waals surface area contributed by atoms with Crippen LogP contribution in [0.25, 0.3) is 0 Å². The molecule has 2 aliphatic rings. The fraction of sp³-hybridized carbons (Fsp3) is 0.853. The lowest BCUT2D eigenvalue weighted by Crippen LogP contribution is -2.30. The molecular formula is C34H75N3. The van der Waals surface area contributed by atoms with E-state index in [2.05, 4.69) is 90.2 Å². The number of hydrogen-bond acceptors (Lipinski definition) is 3. The Morgan fingerprint density at radius 2 is 1.14 bits per heavy atom. The van der Waals surface area contributed by atoms with Crippen LogP contribution in [-0.4, -0.2) is 54.6 Å². The maximum Gasteiger partial charge on any atom is 0.0406 e. The van der Waals surface area contributed by atoms with Gasteiger partial charge in [0.05, 0.1) is 0 Å². The van der Waals surface area contributed by atoms with Crippen LogP contribution in [-0.2, 0) is 6.42 Å². The zero-order chi connectivity index (χ0) is 26.2. The zero-order valence-corrected chi connectivity index (χ0v) is 25.1. The molecule has 1 aromatic rings. The lowest BCUT2D eigenvalue weighted by molar-refractivity contribution is 0.229. The summed E-state index contributed by atoms with van der Waals surface area (Å²) in [6.07, 6.45) is 12.8. The summed E-state index contributed by atoms with van der Waals surface area (Å²) in [6.45, 7) is 26.3. The molecule has 0 atom stereocenters. The highest BCUT2D eigenvalue weighted by Gasteiger charge is 2.07. The molecule has 2 saturated heterocycles. The molecule has 3 heterocycles. The smallest absolute Gasteiger partial charge is 0.0406 e. The highest BCUT2D eigenvalue weighted by Crippen LogP contribution is 2.08. The van der Waals surface area contributed by atoms with Crippen molar-refractivity contribution >= 4 is 0 Å². The summed E-state index contributed by atoms with van der Waals surface area (Å²) in [6, 6.07) is 6.05. The van der Waals surface area contributed by atoms with Gasteiger partial charge >= 0.3 is 0 Å². The summed E-state index contributed by atoms with van der Waals surface area (Å²) in [4.78, 5) is 9.18. The second-order valence-corrected chi connectivity index (χ2v) is 11.6. The van der Waals surface area contributed by atoms with Gasteiger partial charge < -0.3 is 9.80 Å². The van der Waals surface area contributed by atoms with E-state index in [4.69, 9.17) is 0 Å². The van der Waals surface area contributed by atoms with E-state index in [1.165, 1.54) is 83.4 Å². The van der Waals surface area contributed by atoms with Crippen molar-refractivity contribution in [2.45, 2.75) is 136 Å². The van der Waals surface area contributed by atoms with Crippen molar-refractivity contribution < 1.29 is 0 Å². The van der Waals surface area contributed by atoms with E-state index >= 15 is 0 Å². The number of nitrogens with zero attached hydrogens (tertiary/aromatic N) is 3.